The first-order chi connectivity index (χ1) is 18.6. The number of hydrogen-bond acceptors (Lipinski definition) is 3. The van der Waals surface area contributed by atoms with Gasteiger partial charge in [-0.15, -0.1) is 0 Å². The van der Waals surface area contributed by atoms with Crippen LogP contribution in [-0.4, -0.2) is 27.5 Å². The fourth-order valence-corrected chi connectivity index (χ4v) is 6.26. The molecule has 0 unspecified atom stereocenters. The number of hydrogen-bond donors (Lipinski definition) is 0. The lowest BCUT2D eigenvalue weighted by Gasteiger charge is -2.06. The molecule has 5 heteroatoms. The Kier molecular flexibility index (Phi) is 31.2. The molecule has 0 heterocycles. The van der Waals surface area contributed by atoms with Crippen LogP contribution in [0.1, 0.15) is 193 Å². The molecule has 0 rings (SSSR count). The van der Waals surface area contributed by atoms with Crippen molar-refractivity contribution in [2.45, 2.75) is 193 Å². The highest BCUT2D eigenvalue weighted by Gasteiger charge is 2.10. The third kappa shape index (κ3) is 32.1. The standard InChI is InChI=1S/C33H67FO3S/c1-2-3-4-5-6-7-8-9-10-11-12-13-14-15-17-20-23-26-29-32-37-38(35,36)33-30-27-24-21-18-16-19-22-25-28-31-34/h2-33H2,1H3. The van der Waals surface area contributed by atoms with Crippen LogP contribution in [0.2, 0.25) is 0 Å². The smallest absolute Gasteiger partial charge is 0.267 e. The second-order valence-corrected chi connectivity index (χ2v) is 13.4. The lowest BCUT2D eigenvalue weighted by molar-refractivity contribution is 0.305. The van der Waals surface area contributed by atoms with Crippen molar-refractivity contribution in [3.63, 3.8) is 0 Å². The first kappa shape index (κ1) is 37.8. The molecule has 0 amide bonds. The quantitative estimate of drug-likeness (QED) is 0.0590. The van der Waals surface area contributed by atoms with Gasteiger partial charge in [-0.2, -0.15) is 8.42 Å². The molecule has 0 atom stereocenters. The third-order valence-corrected chi connectivity index (χ3v) is 9.10. The SMILES string of the molecule is CCCCCCCCCCCCCCCCCCCCCOS(=O)(=O)CCCCCCCCCCCCF. The fourth-order valence-electron chi connectivity index (χ4n) is 5.21. The minimum atomic E-state index is -3.35. The van der Waals surface area contributed by atoms with Crippen LogP contribution in [0, 0.1) is 0 Å². The Morgan fingerprint density at radius 2 is 0.711 bits per heavy atom. The summed E-state index contributed by atoms with van der Waals surface area (Å²) < 4.78 is 41.3. The van der Waals surface area contributed by atoms with E-state index in [4.69, 9.17) is 4.18 Å². The van der Waals surface area contributed by atoms with Gasteiger partial charge in [0.15, 0.2) is 0 Å². The highest BCUT2D eigenvalue weighted by molar-refractivity contribution is 7.86. The summed E-state index contributed by atoms with van der Waals surface area (Å²) in [6, 6.07) is 0. The van der Waals surface area contributed by atoms with E-state index in [1.54, 1.807) is 0 Å². The van der Waals surface area contributed by atoms with Crippen molar-refractivity contribution >= 4 is 10.1 Å². The molecule has 0 saturated carbocycles. The van der Waals surface area contributed by atoms with Gasteiger partial charge in [-0.3, -0.25) is 8.57 Å². The molecule has 230 valence electrons. The monoisotopic (exact) mass is 562 g/mol. The first-order valence-corrected chi connectivity index (χ1v) is 18.6. The molecule has 0 aliphatic carbocycles. The molecule has 0 aromatic heterocycles. The van der Waals surface area contributed by atoms with Gasteiger partial charge >= 0.3 is 0 Å². The summed E-state index contributed by atoms with van der Waals surface area (Å²) in [6.07, 6.45) is 35.9. The molecule has 0 spiro atoms. The summed E-state index contributed by atoms with van der Waals surface area (Å²) in [7, 11) is -3.35. The Balaban J connectivity index is 3.25. The van der Waals surface area contributed by atoms with Crippen molar-refractivity contribution in [1.82, 2.24) is 0 Å². The maximum atomic E-state index is 12.0. The van der Waals surface area contributed by atoms with Crippen molar-refractivity contribution in [2.24, 2.45) is 0 Å². The van der Waals surface area contributed by atoms with E-state index in [1.165, 1.54) is 135 Å². The predicted octanol–water partition coefficient (Wildman–Crippen LogP) is 11.6. The second-order valence-electron chi connectivity index (χ2n) is 11.7. The number of rotatable bonds is 33. The molecule has 0 saturated heterocycles. The van der Waals surface area contributed by atoms with E-state index in [9.17, 15) is 12.8 Å². The first-order valence-electron chi connectivity index (χ1n) is 17.1. The zero-order chi connectivity index (χ0) is 27.8. The van der Waals surface area contributed by atoms with Gasteiger partial charge in [-0.1, -0.05) is 174 Å². The van der Waals surface area contributed by atoms with Crippen molar-refractivity contribution in [2.75, 3.05) is 19.0 Å². The highest BCUT2D eigenvalue weighted by Crippen LogP contribution is 2.15. The molecular weight excluding hydrogens is 495 g/mol. The van der Waals surface area contributed by atoms with Gasteiger partial charge in [0.1, 0.15) is 0 Å². The van der Waals surface area contributed by atoms with Crippen LogP contribution >= 0.6 is 0 Å². The molecular formula is C33H67FO3S. The molecule has 0 aliphatic rings. The lowest BCUT2D eigenvalue weighted by atomic mass is 10.0. The van der Waals surface area contributed by atoms with E-state index in [2.05, 4.69) is 6.92 Å². The minimum absolute atomic E-state index is 0.162. The summed E-state index contributed by atoms with van der Waals surface area (Å²) in [6.45, 7) is 2.45. The van der Waals surface area contributed by atoms with Gasteiger partial charge in [0.05, 0.1) is 19.0 Å². The van der Waals surface area contributed by atoms with Crippen LogP contribution in [0.5, 0.6) is 0 Å². The van der Waals surface area contributed by atoms with Gasteiger partial charge in [-0.05, 0) is 19.3 Å². The van der Waals surface area contributed by atoms with Gasteiger partial charge < -0.3 is 0 Å². The average molecular weight is 563 g/mol. The van der Waals surface area contributed by atoms with Crippen LogP contribution in [0.15, 0.2) is 0 Å². The van der Waals surface area contributed by atoms with Gasteiger partial charge in [0, 0.05) is 0 Å². The van der Waals surface area contributed by atoms with E-state index < -0.39 is 10.1 Å². The van der Waals surface area contributed by atoms with Crippen LogP contribution < -0.4 is 0 Å². The van der Waals surface area contributed by atoms with Crippen LogP contribution in [0.3, 0.4) is 0 Å². The maximum absolute atomic E-state index is 12.0. The van der Waals surface area contributed by atoms with E-state index in [1.807, 2.05) is 0 Å². The average Bonchev–Trinajstić information content (AvgIpc) is 2.90. The summed E-state index contributed by atoms with van der Waals surface area (Å²) in [4.78, 5) is 0. The number of halogens is 1. The molecule has 0 fully saturated rings. The normalized spacial score (nSPS) is 11.9. The largest absolute Gasteiger partial charge is 0.270 e. The fraction of sp³-hybridized carbons (Fsp3) is 1.00. The second kappa shape index (κ2) is 31.4. The predicted molar refractivity (Wildman–Crippen MR) is 165 cm³/mol. The van der Waals surface area contributed by atoms with E-state index in [0.717, 1.165) is 38.5 Å². The Morgan fingerprint density at radius 3 is 1.05 bits per heavy atom. The number of alkyl halides is 1. The van der Waals surface area contributed by atoms with E-state index >= 15 is 0 Å². The summed E-state index contributed by atoms with van der Waals surface area (Å²) >= 11 is 0. The molecule has 3 nitrogen and oxygen atoms in total. The summed E-state index contributed by atoms with van der Waals surface area (Å²) in [5, 5.41) is 0. The van der Waals surface area contributed by atoms with E-state index in [0.29, 0.717) is 19.4 Å². The molecule has 0 aromatic carbocycles. The Hall–Kier alpha value is -0.160. The molecule has 0 bridgehead atoms. The molecule has 0 N–H and O–H groups in total. The highest BCUT2D eigenvalue weighted by atomic mass is 32.2. The van der Waals surface area contributed by atoms with Gasteiger partial charge in [0.25, 0.3) is 10.1 Å². The van der Waals surface area contributed by atoms with Crippen molar-refractivity contribution < 1.29 is 17.0 Å². The van der Waals surface area contributed by atoms with E-state index in [-0.39, 0.29) is 12.4 Å². The van der Waals surface area contributed by atoms with Crippen molar-refractivity contribution in [3.05, 3.63) is 0 Å². The molecule has 0 aliphatic heterocycles. The Bertz CT molecular complexity index is 538. The Morgan fingerprint density at radius 1 is 0.421 bits per heavy atom. The van der Waals surface area contributed by atoms with Crippen LogP contribution in [0.4, 0.5) is 4.39 Å². The lowest BCUT2D eigenvalue weighted by Crippen LogP contribution is -2.11. The topological polar surface area (TPSA) is 43.4 Å². The van der Waals surface area contributed by atoms with Crippen LogP contribution in [0.25, 0.3) is 0 Å². The summed E-state index contributed by atoms with van der Waals surface area (Å²) in [5.74, 6) is 0.162. The molecule has 0 radical (unpaired) electrons. The van der Waals surface area contributed by atoms with Crippen molar-refractivity contribution in [3.8, 4) is 0 Å². The minimum Gasteiger partial charge on any atom is -0.270 e. The molecule has 38 heavy (non-hydrogen) atoms. The maximum Gasteiger partial charge on any atom is 0.267 e. The zero-order valence-corrected chi connectivity index (χ0v) is 26.5. The zero-order valence-electron chi connectivity index (χ0n) is 25.6. The van der Waals surface area contributed by atoms with Gasteiger partial charge in [0.2, 0.25) is 0 Å². The van der Waals surface area contributed by atoms with Crippen LogP contribution in [-0.2, 0) is 14.3 Å². The number of unbranched alkanes of at least 4 members (excludes halogenated alkanes) is 27. The van der Waals surface area contributed by atoms with Crippen molar-refractivity contribution in [1.29, 1.82) is 0 Å². The Labute approximate surface area is 239 Å². The molecule has 0 aromatic rings. The third-order valence-electron chi connectivity index (χ3n) is 7.79. The van der Waals surface area contributed by atoms with Gasteiger partial charge in [-0.25, -0.2) is 0 Å². The summed E-state index contributed by atoms with van der Waals surface area (Å²) in [5.41, 5.74) is 0.